The van der Waals surface area contributed by atoms with Crippen molar-refractivity contribution in [2.75, 3.05) is 25.5 Å². The Hall–Kier alpha value is -2.80. The average molecular weight is 400 g/mol. The predicted octanol–water partition coefficient (Wildman–Crippen LogP) is 2.51. The van der Waals surface area contributed by atoms with Crippen molar-refractivity contribution in [1.29, 1.82) is 5.26 Å². The van der Waals surface area contributed by atoms with Gasteiger partial charge in [-0.25, -0.2) is 0 Å². The van der Waals surface area contributed by atoms with E-state index in [1.54, 1.807) is 14.0 Å². The Kier molecular flexibility index (Phi) is 7.81. The number of anilines is 1. The van der Waals surface area contributed by atoms with Crippen molar-refractivity contribution in [2.24, 2.45) is 5.92 Å². The molecule has 1 aromatic rings. The van der Waals surface area contributed by atoms with Gasteiger partial charge in [-0.15, -0.1) is 13.2 Å². The van der Waals surface area contributed by atoms with Gasteiger partial charge in [0.2, 0.25) is 11.8 Å². The molecule has 0 aliphatic carbocycles. The van der Waals surface area contributed by atoms with Crippen LogP contribution in [0.3, 0.4) is 0 Å². The molecule has 0 spiro atoms. The molecular weight excluding hydrogens is 377 g/mol. The molecule has 7 nitrogen and oxygen atoms in total. The Labute approximate surface area is 161 Å². The molecule has 0 aromatic heterocycles. The number of carbonyl (C=O) groups excluding carboxylic acids is 2. The van der Waals surface area contributed by atoms with E-state index in [9.17, 15) is 28.0 Å². The molecule has 1 atom stereocenters. The van der Waals surface area contributed by atoms with E-state index in [-0.39, 0.29) is 24.7 Å². The van der Waals surface area contributed by atoms with Crippen LogP contribution in [0, 0.1) is 17.2 Å². The molecule has 0 aliphatic heterocycles. The molecule has 10 heteroatoms. The van der Waals surface area contributed by atoms with Crippen LogP contribution >= 0.6 is 0 Å². The number of alkyl halides is 3. The number of rotatable bonds is 8. The molecule has 0 heterocycles. The van der Waals surface area contributed by atoms with E-state index in [1.807, 2.05) is 13.8 Å². The van der Waals surface area contributed by atoms with Gasteiger partial charge in [0.25, 0.3) is 0 Å². The lowest BCUT2D eigenvalue weighted by Gasteiger charge is -2.28. The minimum Gasteiger partial charge on any atom is -0.406 e. The van der Waals surface area contributed by atoms with Crippen molar-refractivity contribution >= 4 is 17.5 Å². The minimum absolute atomic E-state index is 0.0978. The summed E-state index contributed by atoms with van der Waals surface area (Å²) in [5.41, 5.74) is -0.727. The summed E-state index contributed by atoms with van der Waals surface area (Å²) in [6.07, 6.45) is -4.79. The monoisotopic (exact) mass is 400 g/mol. The zero-order chi connectivity index (χ0) is 21.5. The highest BCUT2D eigenvalue weighted by Gasteiger charge is 2.31. The Morgan fingerprint density at radius 1 is 1.18 bits per heavy atom. The summed E-state index contributed by atoms with van der Waals surface area (Å²) in [7, 11) is 1.55. The van der Waals surface area contributed by atoms with Crippen molar-refractivity contribution in [3.05, 3.63) is 24.3 Å². The number of hydrogen-bond acceptors (Lipinski definition) is 5. The Balaban J connectivity index is 2.52. The first-order valence-corrected chi connectivity index (χ1v) is 8.41. The van der Waals surface area contributed by atoms with Crippen LogP contribution in [-0.2, 0) is 9.59 Å². The lowest BCUT2D eigenvalue weighted by Crippen LogP contribution is -2.51. The molecule has 0 bridgehead atoms. The molecule has 0 unspecified atom stereocenters. The molecular formula is C18H23F3N4O3. The van der Waals surface area contributed by atoms with Crippen LogP contribution in [0.5, 0.6) is 5.75 Å². The minimum atomic E-state index is -4.79. The zero-order valence-corrected chi connectivity index (χ0v) is 16.1. The van der Waals surface area contributed by atoms with Gasteiger partial charge in [-0.2, -0.15) is 5.26 Å². The largest absolute Gasteiger partial charge is 0.573 e. The van der Waals surface area contributed by atoms with Crippen LogP contribution in [0.2, 0.25) is 0 Å². The van der Waals surface area contributed by atoms with E-state index in [4.69, 9.17) is 0 Å². The molecule has 2 amide bonds. The van der Waals surface area contributed by atoms with E-state index >= 15 is 0 Å². The van der Waals surface area contributed by atoms with Gasteiger partial charge < -0.3 is 15.4 Å². The first-order chi connectivity index (χ1) is 12.8. The highest BCUT2D eigenvalue weighted by molar-refractivity contribution is 5.92. The third kappa shape index (κ3) is 7.84. The standard InChI is InChI=1S/C18H23F3N4O3/c1-12(2)17(3,11-22)24-16(27)10-25(4)9-15(26)23-13-5-7-14(8-6-13)28-18(19,20)21/h5-8,12H,9-10H2,1-4H3,(H,23,26)(H,24,27)/t17-/m0/s1. The summed E-state index contributed by atoms with van der Waals surface area (Å²) in [5, 5.41) is 14.4. The lowest BCUT2D eigenvalue weighted by atomic mass is 9.90. The molecule has 1 aromatic carbocycles. The van der Waals surface area contributed by atoms with Gasteiger partial charge in [0, 0.05) is 5.69 Å². The van der Waals surface area contributed by atoms with E-state index in [2.05, 4.69) is 21.4 Å². The van der Waals surface area contributed by atoms with Crippen molar-refractivity contribution in [1.82, 2.24) is 10.2 Å². The van der Waals surface area contributed by atoms with Gasteiger partial charge in [-0.05, 0) is 44.2 Å². The predicted molar refractivity (Wildman–Crippen MR) is 96.3 cm³/mol. The smallest absolute Gasteiger partial charge is 0.406 e. The fourth-order valence-electron chi connectivity index (χ4n) is 2.12. The normalized spacial score (nSPS) is 13.6. The fourth-order valence-corrected chi connectivity index (χ4v) is 2.12. The molecule has 0 fully saturated rings. The second-order valence-corrected chi connectivity index (χ2v) is 6.81. The molecule has 0 saturated heterocycles. The van der Waals surface area contributed by atoms with E-state index in [0.29, 0.717) is 0 Å². The number of likely N-dealkylation sites (N-methyl/N-ethyl adjacent to an activating group) is 1. The summed E-state index contributed by atoms with van der Waals surface area (Å²) < 4.78 is 40.1. The maximum atomic E-state index is 12.1. The van der Waals surface area contributed by atoms with E-state index in [1.165, 1.54) is 17.0 Å². The maximum absolute atomic E-state index is 12.1. The molecule has 0 radical (unpaired) electrons. The van der Waals surface area contributed by atoms with Crippen LogP contribution in [0.25, 0.3) is 0 Å². The Morgan fingerprint density at radius 2 is 1.71 bits per heavy atom. The Bertz CT molecular complexity index is 729. The fraction of sp³-hybridized carbons (Fsp3) is 0.500. The van der Waals surface area contributed by atoms with Crippen molar-refractivity contribution in [2.45, 2.75) is 32.7 Å². The second kappa shape index (κ2) is 9.41. The van der Waals surface area contributed by atoms with E-state index < -0.39 is 29.5 Å². The van der Waals surface area contributed by atoms with Crippen molar-refractivity contribution < 1.29 is 27.5 Å². The number of hydrogen-bond donors (Lipinski definition) is 2. The van der Waals surface area contributed by atoms with Gasteiger partial charge >= 0.3 is 6.36 Å². The summed E-state index contributed by atoms with van der Waals surface area (Å²) in [4.78, 5) is 25.6. The van der Waals surface area contributed by atoms with Gasteiger partial charge in [-0.1, -0.05) is 13.8 Å². The molecule has 154 valence electrons. The summed E-state index contributed by atoms with van der Waals surface area (Å²) >= 11 is 0. The molecule has 0 saturated carbocycles. The van der Waals surface area contributed by atoms with Crippen LogP contribution in [0.1, 0.15) is 20.8 Å². The first-order valence-electron chi connectivity index (χ1n) is 8.41. The van der Waals surface area contributed by atoms with E-state index in [0.717, 1.165) is 12.1 Å². The number of amides is 2. The van der Waals surface area contributed by atoms with Gasteiger partial charge in [0.05, 0.1) is 19.2 Å². The quantitative estimate of drug-likeness (QED) is 0.699. The number of ether oxygens (including phenoxy) is 1. The van der Waals surface area contributed by atoms with Crippen molar-refractivity contribution in [3.63, 3.8) is 0 Å². The van der Waals surface area contributed by atoms with Crippen molar-refractivity contribution in [3.8, 4) is 11.8 Å². The van der Waals surface area contributed by atoms with Crippen LogP contribution in [-0.4, -0.2) is 48.8 Å². The first kappa shape index (κ1) is 23.2. The lowest BCUT2D eigenvalue weighted by molar-refractivity contribution is -0.274. The third-order valence-electron chi connectivity index (χ3n) is 3.98. The molecule has 28 heavy (non-hydrogen) atoms. The topological polar surface area (TPSA) is 94.5 Å². The molecule has 1 rings (SSSR count). The number of nitrogens with one attached hydrogen (secondary N) is 2. The number of nitrogens with zero attached hydrogens (tertiary/aromatic N) is 2. The van der Waals surface area contributed by atoms with Crippen LogP contribution in [0.15, 0.2) is 24.3 Å². The third-order valence-corrected chi connectivity index (χ3v) is 3.98. The highest BCUT2D eigenvalue weighted by atomic mass is 19.4. The average Bonchev–Trinajstić information content (AvgIpc) is 2.54. The summed E-state index contributed by atoms with van der Waals surface area (Å²) in [5.74, 6) is -1.35. The molecule has 0 aliphatic rings. The SMILES string of the molecule is CC(C)[C@](C)(C#N)NC(=O)CN(C)CC(=O)Nc1ccc(OC(F)(F)F)cc1. The second-order valence-electron chi connectivity index (χ2n) is 6.81. The summed E-state index contributed by atoms with van der Waals surface area (Å²) in [6.45, 7) is 5.01. The van der Waals surface area contributed by atoms with Gasteiger partial charge in [-0.3, -0.25) is 14.5 Å². The van der Waals surface area contributed by atoms with Gasteiger partial charge in [0.1, 0.15) is 11.3 Å². The van der Waals surface area contributed by atoms with Crippen LogP contribution in [0.4, 0.5) is 18.9 Å². The van der Waals surface area contributed by atoms with Crippen LogP contribution < -0.4 is 15.4 Å². The summed E-state index contributed by atoms with van der Waals surface area (Å²) in [6, 6.07) is 6.76. The molecule has 2 N–H and O–H groups in total. The number of halogens is 3. The number of benzene rings is 1. The highest BCUT2D eigenvalue weighted by Crippen LogP contribution is 2.23. The maximum Gasteiger partial charge on any atom is 0.573 e. The number of nitriles is 1. The number of carbonyl (C=O) groups is 2. The van der Waals surface area contributed by atoms with Gasteiger partial charge in [0.15, 0.2) is 0 Å². The zero-order valence-electron chi connectivity index (χ0n) is 16.1. The Morgan fingerprint density at radius 3 is 2.18 bits per heavy atom.